The van der Waals surface area contributed by atoms with Crippen molar-refractivity contribution in [1.82, 2.24) is 14.5 Å². The fourth-order valence-corrected chi connectivity index (χ4v) is 6.57. The Kier molecular flexibility index (Phi) is 5.12. The van der Waals surface area contributed by atoms with Crippen molar-refractivity contribution in [2.75, 3.05) is 30.4 Å². The monoisotopic (exact) mass is 544 g/mol. The summed E-state index contributed by atoms with van der Waals surface area (Å²) in [5, 5.41) is 12.7. The number of halogens is 2. The first kappa shape index (κ1) is 24.6. The molecule has 4 N–H and O–H groups in total. The third kappa shape index (κ3) is 3.33. The van der Waals surface area contributed by atoms with Gasteiger partial charge in [-0.2, -0.15) is 0 Å². The topological polar surface area (TPSA) is 126 Å². The lowest BCUT2D eigenvalue weighted by molar-refractivity contribution is 0.0695. The standard InChI is InChI=1S/C29H26F2N6O3/c1-33-19-7-18(30)24(31)22-14(19)6-20-23(22)25(37-4-3-29(12-37)8-21(29)32)16(10-34-20)13-5-15-26(38)17(28(39)40)11-36(2)27(15)35-9-13/h5,7,9-11,21,33H,3-4,6,8,12,32H2,1-2H3,(H,39,40)/t21-,29-/m1/s1. The molecule has 7 rings (SSSR count). The number of hydrogen-bond acceptors (Lipinski definition) is 7. The molecule has 0 unspecified atom stereocenters. The van der Waals surface area contributed by atoms with Crippen molar-refractivity contribution in [1.29, 1.82) is 0 Å². The molecule has 1 saturated carbocycles. The molecule has 1 aliphatic heterocycles. The van der Waals surface area contributed by atoms with E-state index in [4.69, 9.17) is 5.73 Å². The summed E-state index contributed by atoms with van der Waals surface area (Å²) in [7, 11) is 3.29. The molecule has 2 atom stereocenters. The largest absolute Gasteiger partial charge is 0.477 e. The third-order valence-electron chi connectivity index (χ3n) is 8.83. The highest BCUT2D eigenvalue weighted by atomic mass is 19.2. The van der Waals surface area contributed by atoms with E-state index in [-0.39, 0.29) is 28.0 Å². The summed E-state index contributed by atoms with van der Waals surface area (Å²) >= 11 is 0. The Hall–Kier alpha value is -4.38. The molecular weight excluding hydrogens is 518 g/mol. The number of carbonyl (C=O) groups is 1. The summed E-state index contributed by atoms with van der Waals surface area (Å²) in [5.74, 6) is -3.21. The van der Waals surface area contributed by atoms with Crippen LogP contribution in [-0.2, 0) is 13.5 Å². The van der Waals surface area contributed by atoms with Gasteiger partial charge < -0.3 is 25.6 Å². The fourth-order valence-electron chi connectivity index (χ4n) is 6.57. The number of benzene rings is 1. The van der Waals surface area contributed by atoms with Gasteiger partial charge in [0.2, 0.25) is 5.43 Å². The molecule has 1 saturated heterocycles. The molecule has 0 amide bonds. The molecule has 4 aromatic rings. The fraction of sp³-hybridized carbons (Fsp3) is 0.310. The minimum Gasteiger partial charge on any atom is -0.477 e. The summed E-state index contributed by atoms with van der Waals surface area (Å²) in [6.45, 7) is 1.34. The second-order valence-electron chi connectivity index (χ2n) is 11.1. The molecule has 40 heavy (non-hydrogen) atoms. The number of fused-ring (bicyclic) bond motifs is 4. The van der Waals surface area contributed by atoms with E-state index < -0.39 is 23.0 Å². The Labute approximate surface area is 227 Å². The lowest BCUT2D eigenvalue weighted by atomic mass is 9.97. The van der Waals surface area contributed by atoms with E-state index in [0.717, 1.165) is 18.9 Å². The van der Waals surface area contributed by atoms with E-state index in [1.807, 2.05) is 0 Å². The molecule has 3 aromatic heterocycles. The molecule has 4 heterocycles. The number of rotatable bonds is 4. The summed E-state index contributed by atoms with van der Waals surface area (Å²) < 4.78 is 31.9. The Morgan fingerprint density at radius 1 is 1.23 bits per heavy atom. The van der Waals surface area contributed by atoms with Crippen LogP contribution in [0, 0.1) is 17.0 Å². The predicted molar refractivity (Wildman–Crippen MR) is 147 cm³/mol. The van der Waals surface area contributed by atoms with Crippen LogP contribution in [0.4, 0.5) is 20.2 Å². The molecule has 204 valence electrons. The van der Waals surface area contributed by atoms with Crippen molar-refractivity contribution in [2.45, 2.75) is 25.3 Å². The second-order valence-corrected chi connectivity index (χ2v) is 11.1. The molecule has 0 bridgehead atoms. The highest BCUT2D eigenvalue weighted by molar-refractivity contribution is 5.98. The molecule has 2 aliphatic carbocycles. The first-order chi connectivity index (χ1) is 19.1. The smallest absolute Gasteiger partial charge is 0.341 e. The van der Waals surface area contributed by atoms with Gasteiger partial charge in [-0.1, -0.05) is 0 Å². The van der Waals surface area contributed by atoms with Crippen molar-refractivity contribution in [2.24, 2.45) is 18.2 Å². The zero-order valence-electron chi connectivity index (χ0n) is 21.9. The number of nitrogens with zero attached hydrogens (tertiary/aromatic N) is 4. The Balaban J connectivity index is 1.51. The molecule has 1 aromatic carbocycles. The molecular formula is C29H26F2N6O3. The zero-order valence-corrected chi connectivity index (χ0v) is 21.9. The molecule has 11 heteroatoms. The number of aromatic carboxylic acids is 1. The van der Waals surface area contributed by atoms with Crippen LogP contribution >= 0.6 is 0 Å². The van der Waals surface area contributed by atoms with Crippen molar-refractivity contribution in [3.05, 3.63) is 69.4 Å². The van der Waals surface area contributed by atoms with Crippen LogP contribution in [0.25, 0.3) is 33.3 Å². The SMILES string of the molecule is CNc1cc(F)c(F)c2c1Cc1ncc(-c3cnc4c(c3)c(=O)c(C(=O)O)cn4C)c(N3CC[C@@]4(C[C@H]4N)C3)c1-2. The number of hydrogen-bond donors (Lipinski definition) is 3. The molecule has 2 fully saturated rings. The number of aryl methyl sites for hydroxylation is 1. The molecule has 0 radical (unpaired) electrons. The maximum atomic E-state index is 15.6. The number of nitrogens with one attached hydrogen (secondary N) is 1. The van der Waals surface area contributed by atoms with Crippen LogP contribution in [-0.4, -0.2) is 51.8 Å². The number of anilines is 2. The summed E-state index contributed by atoms with van der Waals surface area (Å²) in [4.78, 5) is 36.2. The van der Waals surface area contributed by atoms with Gasteiger partial charge >= 0.3 is 5.97 Å². The van der Waals surface area contributed by atoms with Gasteiger partial charge in [0.1, 0.15) is 11.2 Å². The van der Waals surface area contributed by atoms with Crippen molar-refractivity contribution >= 4 is 28.4 Å². The van der Waals surface area contributed by atoms with Gasteiger partial charge in [-0.3, -0.25) is 9.78 Å². The zero-order chi connectivity index (χ0) is 28.1. The van der Waals surface area contributed by atoms with Crippen LogP contribution in [0.1, 0.15) is 34.5 Å². The highest BCUT2D eigenvalue weighted by Crippen LogP contribution is 2.56. The number of carboxylic acid groups (broad SMARTS) is 1. The maximum Gasteiger partial charge on any atom is 0.341 e. The molecule has 3 aliphatic rings. The van der Waals surface area contributed by atoms with Gasteiger partial charge in [0, 0.05) is 97.7 Å². The summed E-state index contributed by atoms with van der Waals surface area (Å²) in [6, 6.07) is 2.86. The van der Waals surface area contributed by atoms with Crippen LogP contribution in [0.3, 0.4) is 0 Å². The Bertz CT molecular complexity index is 1850. The van der Waals surface area contributed by atoms with Crippen LogP contribution in [0.2, 0.25) is 0 Å². The van der Waals surface area contributed by atoms with Gasteiger partial charge in [-0.25, -0.2) is 18.6 Å². The lowest BCUT2D eigenvalue weighted by Gasteiger charge is -2.26. The Morgan fingerprint density at radius 2 is 2.00 bits per heavy atom. The average molecular weight is 545 g/mol. The van der Waals surface area contributed by atoms with E-state index in [1.54, 1.807) is 32.6 Å². The van der Waals surface area contributed by atoms with Gasteiger partial charge in [0.15, 0.2) is 11.6 Å². The normalized spacial score (nSPS) is 20.7. The average Bonchev–Trinajstić information content (AvgIpc) is 3.25. The first-order valence-electron chi connectivity index (χ1n) is 13.1. The maximum absolute atomic E-state index is 15.6. The third-order valence-corrected chi connectivity index (χ3v) is 8.83. The van der Waals surface area contributed by atoms with Crippen molar-refractivity contribution in [3.63, 3.8) is 0 Å². The number of carboxylic acids is 1. The van der Waals surface area contributed by atoms with Gasteiger partial charge in [0.05, 0.1) is 16.8 Å². The lowest BCUT2D eigenvalue weighted by Crippen LogP contribution is -2.24. The van der Waals surface area contributed by atoms with Crippen molar-refractivity contribution in [3.8, 4) is 22.3 Å². The Morgan fingerprint density at radius 3 is 2.67 bits per heavy atom. The van der Waals surface area contributed by atoms with Crippen LogP contribution in [0.15, 0.2) is 35.5 Å². The van der Waals surface area contributed by atoms with Crippen molar-refractivity contribution < 1.29 is 18.7 Å². The first-order valence-corrected chi connectivity index (χ1v) is 13.1. The number of pyridine rings is 3. The number of nitrogens with two attached hydrogens (primary N) is 1. The van der Waals surface area contributed by atoms with E-state index in [0.29, 0.717) is 64.5 Å². The highest BCUT2D eigenvalue weighted by Gasteiger charge is 2.56. The van der Waals surface area contributed by atoms with Crippen LogP contribution in [0.5, 0.6) is 0 Å². The van der Waals surface area contributed by atoms with E-state index >= 15 is 4.39 Å². The van der Waals surface area contributed by atoms with Gasteiger partial charge in [-0.15, -0.1) is 0 Å². The predicted octanol–water partition coefficient (Wildman–Crippen LogP) is 3.51. The van der Waals surface area contributed by atoms with Gasteiger partial charge in [0.25, 0.3) is 0 Å². The molecule has 1 spiro atoms. The van der Waals surface area contributed by atoms with Crippen LogP contribution < -0.4 is 21.4 Å². The number of aromatic nitrogens is 3. The van der Waals surface area contributed by atoms with Gasteiger partial charge in [-0.05, 0) is 24.5 Å². The minimum absolute atomic E-state index is 0.0144. The quantitative estimate of drug-likeness (QED) is 0.314. The minimum atomic E-state index is -1.33. The summed E-state index contributed by atoms with van der Waals surface area (Å²) in [6.07, 6.45) is 6.64. The van der Waals surface area contributed by atoms with E-state index in [1.165, 1.54) is 10.8 Å². The summed E-state index contributed by atoms with van der Waals surface area (Å²) in [5.41, 5.74) is 9.90. The molecule has 9 nitrogen and oxygen atoms in total. The van der Waals surface area contributed by atoms with E-state index in [2.05, 4.69) is 20.2 Å². The van der Waals surface area contributed by atoms with E-state index in [9.17, 15) is 19.1 Å². The second kappa shape index (κ2) is 8.31.